The van der Waals surface area contributed by atoms with E-state index >= 15 is 0 Å². The van der Waals surface area contributed by atoms with E-state index in [4.69, 9.17) is 9.47 Å². The molecule has 0 aromatic heterocycles. The number of methoxy groups -OCH3 is 1. The van der Waals surface area contributed by atoms with Crippen molar-refractivity contribution in [1.29, 1.82) is 0 Å². The molecule has 2 aromatic rings. The van der Waals surface area contributed by atoms with Crippen LogP contribution in [0.3, 0.4) is 0 Å². The minimum Gasteiger partial charge on any atom is -0.492 e. The Labute approximate surface area is 184 Å². The average Bonchev–Trinajstić information content (AvgIpc) is 2.80. The maximum absolute atomic E-state index is 13.3. The van der Waals surface area contributed by atoms with Gasteiger partial charge in [-0.25, -0.2) is 4.79 Å². The molecule has 1 saturated heterocycles. The summed E-state index contributed by atoms with van der Waals surface area (Å²) in [5.41, 5.74) is 0.867. The van der Waals surface area contributed by atoms with Gasteiger partial charge in [-0.1, -0.05) is 30.3 Å². The number of hydrogen-bond donors (Lipinski definition) is 1. The molecule has 1 aliphatic heterocycles. The van der Waals surface area contributed by atoms with Gasteiger partial charge in [-0.15, -0.1) is 0 Å². The second-order valence-electron chi connectivity index (χ2n) is 8.19. The van der Waals surface area contributed by atoms with E-state index in [2.05, 4.69) is 10.2 Å². The van der Waals surface area contributed by atoms with Crippen molar-refractivity contribution in [3.8, 4) is 5.75 Å². The molecule has 0 saturated carbocycles. The summed E-state index contributed by atoms with van der Waals surface area (Å²) in [5, 5.41) is 3.17. The molecular formula is C25H32N2O4. The van der Waals surface area contributed by atoms with Crippen LogP contribution in [0.25, 0.3) is 0 Å². The molecule has 0 aliphatic carbocycles. The summed E-state index contributed by atoms with van der Waals surface area (Å²) in [6.07, 6.45) is 2.93. The number of nitrogens with zero attached hydrogens (tertiary/aromatic N) is 1. The number of amides is 1. The fourth-order valence-electron chi connectivity index (χ4n) is 4.04. The smallest absolute Gasteiger partial charge is 0.337 e. The van der Waals surface area contributed by atoms with Crippen molar-refractivity contribution >= 4 is 11.9 Å². The highest BCUT2D eigenvalue weighted by atomic mass is 16.5. The van der Waals surface area contributed by atoms with Crippen molar-refractivity contribution in [3.05, 3.63) is 65.7 Å². The average molecular weight is 425 g/mol. The third-order valence-electron chi connectivity index (χ3n) is 6.08. The van der Waals surface area contributed by atoms with E-state index in [0.29, 0.717) is 18.7 Å². The molecule has 2 atom stereocenters. The van der Waals surface area contributed by atoms with E-state index in [9.17, 15) is 9.59 Å². The number of para-hydroxylation sites is 1. The van der Waals surface area contributed by atoms with Crippen LogP contribution in [0, 0.1) is 0 Å². The third kappa shape index (κ3) is 5.64. The van der Waals surface area contributed by atoms with Crippen LogP contribution in [0.2, 0.25) is 0 Å². The molecule has 0 bridgehead atoms. The molecule has 0 radical (unpaired) electrons. The van der Waals surface area contributed by atoms with Gasteiger partial charge in [0.15, 0.2) is 0 Å². The first-order valence-corrected chi connectivity index (χ1v) is 10.9. The lowest BCUT2D eigenvalue weighted by Crippen LogP contribution is -2.60. The molecule has 1 amide bonds. The summed E-state index contributed by atoms with van der Waals surface area (Å²) in [6, 6.07) is 16.7. The molecule has 1 heterocycles. The molecule has 3 rings (SSSR count). The predicted molar refractivity (Wildman–Crippen MR) is 120 cm³/mol. The van der Waals surface area contributed by atoms with Gasteiger partial charge >= 0.3 is 5.97 Å². The molecule has 166 valence electrons. The van der Waals surface area contributed by atoms with Gasteiger partial charge < -0.3 is 14.8 Å². The first-order chi connectivity index (χ1) is 14.9. The quantitative estimate of drug-likeness (QED) is 0.650. The number of hydrogen-bond acceptors (Lipinski definition) is 5. The van der Waals surface area contributed by atoms with Crippen LogP contribution in [0.5, 0.6) is 5.75 Å². The van der Waals surface area contributed by atoms with Crippen molar-refractivity contribution in [3.63, 3.8) is 0 Å². The Hall–Kier alpha value is -2.86. The van der Waals surface area contributed by atoms with Gasteiger partial charge in [-0.05, 0) is 69.5 Å². The van der Waals surface area contributed by atoms with Crippen LogP contribution in [-0.2, 0) is 9.53 Å². The largest absolute Gasteiger partial charge is 0.492 e. The van der Waals surface area contributed by atoms with Gasteiger partial charge in [0.1, 0.15) is 12.4 Å². The Balaban J connectivity index is 1.61. The first-order valence-electron chi connectivity index (χ1n) is 10.9. The normalized spacial score (nSPS) is 20.0. The van der Waals surface area contributed by atoms with Crippen LogP contribution < -0.4 is 10.1 Å². The number of ether oxygens (including phenoxy) is 2. The van der Waals surface area contributed by atoms with Crippen LogP contribution in [0.1, 0.15) is 55.1 Å². The maximum Gasteiger partial charge on any atom is 0.337 e. The van der Waals surface area contributed by atoms with E-state index in [-0.39, 0.29) is 17.9 Å². The van der Waals surface area contributed by atoms with E-state index < -0.39 is 5.54 Å². The summed E-state index contributed by atoms with van der Waals surface area (Å²) < 4.78 is 10.6. The van der Waals surface area contributed by atoms with Gasteiger partial charge in [0, 0.05) is 6.54 Å². The van der Waals surface area contributed by atoms with Crippen molar-refractivity contribution < 1.29 is 19.1 Å². The Bertz CT molecular complexity index is 869. The molecule has 6 nitrogen and oxygen atoms in total. The molecule has 0 spiro atoms. The van der Waals surface area contributed by atoms with Crippen molar-refractivity contribution in [2.75, 3.05) is 26.8 Å². The fraction of sp³-hybridized carbons (Fsp3) is 0.440. The summed E-state index contributed by atoms with van der Waals surface area (Å²) in [5.74, 6) is 0.498. The van der Waals surface area contributed by atoms with Gasteiger partial charge in [-0.2, -0.15) is 0 Å². The van der Waals surface area contributed by atoms with Gasteiger partial charge in [-0.3, -0.25) is 9.69 Å². The van der Waals surface area contributed by atoms with Crippen molar-refractivity contribution in [1.82, 2.24) is 10.2 Å². The number of carbonyl (C=O) groups excluding carboxylic acids is 2. The lowest BCUT2D eigenvalue weighted by molar-refractivity contribution is -0.136. The lowest BCUT2D eigenvalue weighted by atomic mass is 9.87. The maximum atomic E-state index is 13.3. The molecule has 1 aliphatic rings. The molecule has 31 heavy (non-hydrogen) atoms. The van der Waals surface area contributed by atoms with E-state index in [1.807, 2.05) is 56.3 Å². The number of rotatable bonds is 8. The lowest BCUT2D eigenvalue weighted by Gasteiger charge is -2.44. The molecule has 6 heteroatoms. The van der Waals surface area contributed by atoms with Gasteiger partial charge in [0.05, 0.1) is 24.3 Å². The molecule has 1 fully saturated rings. The number of benzene rings is 2. The van der Waals surface area contributed by atoms with Crippen molar-refractivity contribution in [2.24, 2.45) is 0 Å². The van der Waals surface area contributed by atoms with E-state index in [1.165, 1.54) is 7.11 Å². The Kier molecular flexibility index (Phi) is 7.69. The number of carbonyl (C=O) groups is 2. The Morgan fingerprint density at radius 2 is 1.81 bits per heavy atom. The van der Waals surface area contributed by atoms with E-state index in [1.54, 1.807) is 12.1 Å². The van der Waals surface area contributed by atoms with Crippen molar-refractivity contribution in [2.45, 2.75) is 44.7 Å². The molecular weight excluding hydrogens is 392 g/mol. The standard InChI is InChI=1S/C25H32N2O4/c1-19(20-11-13-21(14-12-20)23(28)30-3)26-24(29)25(2)15-7-8-16-27(25)17-18-31-22-9-5-4-6-10-22/h4-6,9-14,19H,7-8,15-18H2,1-3H3,(H,26,29)/t19-,25?/m0/s1. The van der Waals surface area contributed by atoms with E-state index in [0.717, 1.165) is 37.1 Å². The zero-order valence-electron chi connectivity index (χ0n) is 18.6. The fourth-order valence-corrected chi connectivity index (χ4v) is 4.04. The van der Waals surface area contributed by atoms with Crippen LogP contribution in [0.15, 0.2) is 54.6 Å². The van der Waals surface area contributed by atoms with Gasteiger partial charge in [0.25, 0.3) is 0 Å². The SMILES string of the molecule is COC(=O)c1ccc([C@H](C)NC(=O)C2(C)CCCCN2CCOc2ccccc2)cc1. The summed E-state index contributed by atoms with van der Waals surface area (Å²) in [6.45, 7) is 6.10. The number of esters is 1. The zero-order chi connectivity index (χ0) is 22.3. The number of piperidine rings is 1. The topological polar surface area (TPSA) is 67.9 Å². The highest BCUT2D eigenvalue weighted by Crippen LogP contribution is 2.29. The van der Waals surface area contributed by atoms with Gasteiger partial charge in [0.2, 0.25) is 5.91 Å². The number of nitrogens with one attached hydrogen (secondary N) is 1. The highest BCUT2D eigenvalue weighted by Gasteiger charge is 2.41. The molecule has 2 aromatic carbocycles. The minimum absolute atomic E-state index is 0.0245. The third-order valence-corrected chi connectivity index (χ3v) is 6.08. The minimum atomic E-state index is -0.571. The Morgan fingerprint density at radius 1 is 1.10 bits per heavy atom. The Morgan fingerprint density at radius 3 is 2.48 bits per heavy atom. The second-order valence-corrected chi connectivity index (χ2v) is 8.19. The second kappa shape index (κ2) is 10.4. The highest BCUT2D eigenvalue weighted by molar-refractivity contribution is 5.89. The predicted octanol–water partition coefficient (Wildman–Crippen LogP) is 3.97. The number of likely N-dealkylation sites (tertiary alicyclic amines) is 1. The monoisotopic (exact) mass is 424 g/mol. The first kappa shape index (κ1) is 22.8. The molecule has 1 unspecified atom stereocenters. The summed E-state index contributed by atoms with van der Waals surface area (Å²) in [4.78, 5) is 27.2. The summed E-state index contributed by atoms with van der Waals surface area (Å²) >= 11 is 0. The summed E-state index contributed by atoms with van der Waals surface area (Å²) in [7, 11) is 1.36. The zero-order valence-corrected chi connectivity index (χ0v) is 18.6. The van der Waals surface area contributed by atoms with Crippen LogP contribution in [0.4, 0.5) is 0 Å². The van der Waals surface area contributed by atoms with Crippen LogP contribution in [-0.4, -0.2) is 49.1 Å². The van der Waals surface area contributed by atoms with Crippen LogP contribution >= 0.6 is 0 Å². The molecule has 1 N–H and O–H groups in total.